The fraction of sp³-hybridized carbons (Fsp3) is 0.375. The molecule has 8 nitrogen and oxygen atoms in total. The lowest BCUT2D eigenvalue weighted by Gasteiger charge is -2.04. The first-order chi connectivity index (χ1) is 11.6. The summed E-state index contributed by atoms with van der Waals surface area (Å²) in [4.78, 5) is 32.8. The molecule has 126 valence electrons. The van der Waals surface area contributed by atoms with Crippen molar-refractivity contribution in [3.63, 3.8) is 0 Å². The molecule has 1 amide bonds. The molecule has 3 rings (SSSR count). The highest BCUT2D eigenvalue weighted by Gasteiger charge is 2.08. The number of benzene rings is 1. The third-order valence-corrected chi connectivity index (χ3v) is 3.58. The monoisotopic (exact) mass is 329 g/mol. The number of anilines is 1. The Balaban J connectivity index is 1.50. The second-order valence-electron chi connectivity index (χ2n) is 5.60. The lowest BCUT2D eigenvalue weighted by atomic mass is 10.2. The number of carbonyl (C=O) groups is 1. The van der Waals surface area contributed by atoms with Crippen LogP contribution in [0, 0.1) is 0 Å². The van der Waals surface area contributed by atoms with Crippen molar-refractivity contribution < 1.29 is 9.32 Å². The van der Waals surface area contributed by atoms with E-state index in [4.69, 9.17) is 4.52 Å². The lowest BCUT2D eigenvalue weighted by molar-refractivity contribution is -0.116. The van der Waals surface area contributed by atoms with Crippen LogP contribution in [0.15, 0.2) is 27.5 Å². The number of nitrogens with zero attached hydrogens (tertiary/aromatic N) is 2. The van der Waals surface area contributed by atoms with Crippen LogP contribution in [-0.4, -0.2) is 26.0 Å². The van der Waals surface area contributed by atoms with Crippen LogP contribution in [-0.2, 0) is 17.6 Å². The molecule has 0 spiro atoms. The van der Waals surface area contributed by atoms with Gasteiger partial charge in [-0.05, 0) is 31.0 Å². The van der Waals surface area contributed by atoms with Crippen molar-refractivity contribution in [1.29, 1.82) is 0 Å². The summed E-state index contributed by atoms with van der Waals surface area (Å²) in [7, 11) is 0. The quantitative estimate of drug-likeness (QED) is 0.614. The zero-order chi connectivity index (χ0) is 16.9. The van der Waals surface area contributed by atoms with Crippen LogP contribution in [0.1, 0.15) is 37.9 Å². The van der Waals surface area contributed by atoms with Crippen molar-refractivity contribution in [3.8, 4) is 0 Å². The van der Waals surface area contributed by atoms with E-state index in [1.807, 2.05) is 0 Å². The van der Waals surface area contributed by atoms with Crippen molar-refractivity contribution in [2.24, 2.45) is 0 Å². The Morgan fingerprint density at radius 3 is 2.92 bits per heavy atom. The first kappa shape index (κ1) is 16.0. The molecule has 0 fully saturated rings. The molecule has 8 heteroatoms. The predicted octanol–water partition coefficient (Wildman–Crippen LogP) is 2.15. The van der Waals surface area contributed by atoms with Gasteiger partial charge in [0.1, 0.15) is 0 Å². The fourth-order valence-corrected chi connectivity index (χ4v) is 2.45. The van der Waals surface area contributed by atoms with Gasteiger partial charge in [0, 0.05) is 24.9 Å². The van der Waals surface area contributed by atoms with Gasteiger partial charge in [0.2, 0.25) is 11.8 Å². The Labute approximate surface area is 137 Å². The largest absolute Gasteiger partial charge is 0.339 e. The smallest absolute Gasteiger partial charge is 0.323 e. The fourth-order valence-electron chi connectivity index (χ4n) is 2.45. The minimum Gasteiger partial charge on any atom is -0.339 e. The van der Waals surface area contributed by atoms with Crippen LogP contribution in [0.4, 0.5) is 5.69 Å². The van der Waals surface area contributed by atoms with Gasteiger partial charge in [0.05, 0.1) is 11.0 Å². The summed E-state index contributed by atoms with van der Waals surface area (Å²) in [6.07, 6.45) is 3.33. The zero-order valence-electron chi connectivity index (χ0n) is 13.4. The molecule has 1 aromatic carbocycles. The van der Waals surface area contributed by atoms with E-state index in [1.54, 1.807) is 18.2 Å². The Morgan fingerprint density at radius 2 is 2.08 bits per heavy atom. The van der Waals surface area contributed by atoms with Crippen LogP contribution in [0.25, 0.3) is 11.0 Å². The molecule has 2 aromatic heterocycles. The van der Waals surface area contributed by atoms with Gasteiger partial charge in [-0.15, -0.1) is 0 Å². The molecular formula is C16H19N5O3. The molecule has 3 aromatic rings. The average molecular weight is 329 g/mol. The summed E-state index contributed by atoms with van der Waals surface area (Å²) in [5, 5.41) is 6.70. The van der Waals surface area contributed by atoms with Gasteiger partial charge in [-0.25, -0.2) is 4.79 Å². The maximum absolute atomic E-state index is 12.0. The second-order valence-corrected chi connectivity index (χ2v) is 5.60. The first-order valence-corrected chi connectivity index (χ1v) is 7.97. The molecule has 24 heavy (non-hydrogen) atoms. The van der Waals surface area contributed by atoms with Crippen molar-refractivity contribution in [1.82, 2.24) is 20.1 Å². The Hall–Kier alpha value is -2.90. The van der Waals surface area contributed by atoms with Crippen molar-refractivity contribution in [3.05, 3.63) is 40.4 Å². The molecule has 3 N–H and O–H groups in total. The molecule has 0 aliphatic rings. The van der Waals surface area contributed by atoms with E-state index in [9.17, 15) is 9.59 Å². The van der Waals surface area contributed by atoms with Crippen LogP contribution >= 0.6 is 0 Å². The number of imidazole rings is 1. The highest BCUT2D eigenvalue weighted by atomic mass is 16.5. The van der Waals surface area contributed by atoms with E-state index in [0.717, 1.165) is 12.8 Å². The molecule has 0 unspecified atom stereocenters. The van der Waals surface area contributed by atoms with Crippen molar-refractivity contribution >= 4 is 22.6 Å². The highest BCUT2D eigenvalue weighted by Crippen LogP contribution is 2.15. The molecular weight excluding hydrogens is 310 g/mol. The maximum atomic E-state index is 12.0. The van der Waals surface area contributed by atoms with Crippen LogP contribution in [0.5, 0.6) is 0 Å². The highest BCUT2D eigenvalue weighted by molar-refractivity contribution is 5.92. The number of aromatic amines is 2. The summed E-state index contributed by atoms with van der Waals surface area (Å²) in [6, 6.07) is 5.22. The van der Waals surface area contributed by atoms with Gasteiger partial charge in [-0.1, -0.05) is 12.1 Å². The molecule has 0 saturated carbocycles. The number of aryl methyl sites for hydroxylation is 2. The first-order valence-electron chi connectivity index (χ1n) is 7.97. The third kappa shape index (κ3) is 3.89. The van der Waals surface area contributed by atoms with Gasteiger partial charge < -0.3 is 19.8 Å². The van der Waals surface area contributed by atoms with E-state index >= 15 is 0 Å². The number of H-pyrrole nitrogens is 2. The van der Waals surface area contributed by atoms with E-state index in [0.29, 0.717) is 47.7 Å². The van der Waals surface area contributed by atoms with E-state index in [2.05, 4.69) is 32.3 Å². The number of aromatic nitrogens is 4. The molecule has 0 saturated heterocycles. The van der Waals surface area contributed by atoms with Crippen molar-refractivity contribution in [2.75, 3.05) is 5.32 Å². The van der Waals surface area contributed by atoms with Crippen LogP contribution in [0.3, 0.4) is 0 Å². The van der Waals surface area contributed by atoms with Gasteiger partial charge in [0.15, 0.2) is 5.82 Å². The zero-order valence-corrected chi connectivity index (χ0v) is 13.4. The maximum Gasteiger partial charge on any atom is 0.323 e. The lowest BCUT2D eigenvalue weighted by Crippen LogP contribution is -2.11. The minimum atomic E-state index is -0.268. The van der Waals surface area contributed by atoms with E-state index in [1.165, 1.54) is 0 Å². The van der Waals surface area contributed by atoms with E-state index < -0.39 is 0 Å². The van der Waals surface area contributed by atoms with Crippen LogP contribution in [0.2, 0.25) is 0 Å². The topological polar surface area (TPSA) is 117 Å². The Kier molecular flexibility index (Phi) is 4.74. The van der Waals surface area contributed by atoms with E-state index in [-0.39, 0.29) is 11.6 Å². The molecule has 0 atom stereocenters. The Morgan fingerprint density at radius 1 is 1.25 bits per heavy atom. The van der Waals surface area contributed by atoms with Gasteiger partial charge >= 0.3 is 5.69 Å². The van der Waals surface area contributed by atoms with Crippen molar-refractivity contribution in [2.45, 2.75) is 39.0 Å². The van der Waals surface area contributed by atoms with Crippen LogP contribution < -0.4 is 11.0 Å². The summed E-state index contributed by atoms with van der Waals surface area (Å²) in [5.41, 5.74) is 1.74. The number of hydrogen-bond acceptors (Lipinski definition) is 5. The number of rotatable bonds is 7. The normalized spacial score (nSPS) is 11.0. The summed E-state index contributed by atoms with van der Waals surface area (Å²) >= 11 is 0. The summed E-state index contributed by atoms with van der Waals surface area (Å²) in [5.74, 6) is 1.18. The summed E-state index contributed by atoms with van der Waals surface area (Å²) in [6.45, 7) is 2.06. The molecule has 2 heterocycles. The van der Waals surface area contributed by atoms with Gasteiger partial charge in [-0.2, -0.15) is 4.98 Å². The number of hydrogen-bond donors (Lipinski definition) is 3. The Bertz CT molecular complexity index is 892. The molecule has 0 aliphatic heterocycles. The standard InChI is InChI=1S/C16H19N5O3/c1-2-4-13-20-15(24-21-13)6-3-5-14(22)17-10-7-8-11-12(9-10)19-16(23)18-11/h7-9H,2-6H2,1H3,(H,17,22)(H2,18,19,23). The van der Waals surface area contributed by atoms with Gasteiger partial charge in [0.25, 0.3) is 0 Å². The molecule has 0 radical (unpaired) electrons. The number of nitrogens with one attached hydrogen (secondary N) is 3. The molecule has 0 bridgehead atoms. The number of fused-ring (bicyclic) bond motifs is 1. The third-order valence-electron chi connectivity index (χ3n) is 3.58. The predicted molar refractivity (Wildman–Crippen MR) is 88.8 cm³/mol. The minimum absolute atomic E-state index is 0.0967. The second kappa shape index (κ2) is 7.12. The van der Waals surface area contributed by atoms with Gasteiger partial charge in [-0.3, -0.25) is 4.79 Å². The average Bonchev–Trinajstić information content (AvgIpc) is 3.13. The molecule has 0 aliphatic carbocycles. The number of amides is 1. The summed E-state index contributed by atoms with van der Waals surface area (Å²) < 4.78 is 5.14. The number of carbonyl (C=O) groups excluding carboxylic acids is 1. The SMILES string of the molecule is CCCc1noc(CCCC(=O)Nc2ccc3[nH]c(=O)[nH]c3c2)n1.